The van der Waals surface area contributed by atoms with E-state index < -0.39 is 17.2 Å². The number of halogens is 3. The van der Waals surface area contributed by atoms with E-state index >= 15 is 0 Å². The largest absolute Gasteiger partial charge is 0.481 e. The van der Waals surface area contributed by atoms with Crippen LogP contribution in [0.3, 0.4) is 0 Å². The molecule has 0 radical (unpaired) electrons. The van der Waals surface area contributed by atoms with E-state index in [2.05, 4.69) is 10.2 Å². The zero-order chi connectivity index (χ0) is 14.8. The summed E-state index contributed by atoms with van der Waals surface area (Å²) in [5.74, 6) is -0.855. The predicted molar refractivity (Wildman–Crippen MR) is 65.8 cm³/mol. The van der Waals surface area contributed by atoms with Crippen LogP contribution in [0.4, 0.5) is 18.3 Å². The molecule has 1 fully saturated rings. The molecule has 10 heteroatoms. The summed E-state index contributed by atoms with van der Waals surface area (Å²) < 4.78 is 37.3. The van der Waals surface area contributed by atoms with Gasteiger partial charge in [-0.3, -0.25) is 9.69 Å². The van der Waals surface area contributed by atoms with Crippen LogP contribution < -0.4 is 4.90 Å². The summed E-state index contributed by atoms with van der Waals surface area (Å²) in [4.78, 5) is 14.2. The molecular formula is C10H13F3N4O2S. The highest BCUT2D eigenvalue weighted by Gasteiger charge is 2.36. The Labute approximate surface area is 116 Å². The number of anilines is 1. The highest BCUT2D eigenvalue weighted by atomic mass is 32.1. The van der Waals surface area contributed by atoms with Crippen molar-refractivity contribution < 1.29 is 23.1 Å². The van der Waals surface area contributed by atoms with Crippen molar-refractivity contribution in [2.24, 2.45) is 0 Å². The molecule has 0 unspecified atom stereocenters. The number of carbonyl (C=O) groups is 1. The monoisotopic (exact) mass is 310 g/mol. The number of alkyl halides is 3. The van der Waals surface area contributed by atoms with Gasteiger partial charge in [-0.25, -0.2) is 0 Å². The molecule has 1 aliphatic rings. The first-order chi connectivity index (χ1) is 9.36. The SMILES string of the molecule is O=C(O)CCN1CCN(c2nnc(C(F)(F)F)s2)CC1. The van der Waals surface area contributed by atoms with Crippen LogP contribution >= 0.6 is 11.3 Å². The highest BCUT2D eigenvalue weighted by Crippen LogP contribution is 2.34. The molecule has 0 atom stereocenters. The van der Waals surface area contributed by atoms with E-state index in [4.69, 9.17) is 5.11 Å². The van der Waals surface area contributed by atoms with Crippen LogP contribution in [-0.2, 0) is 11.0 Å². The van der Waals surface area contributed by atoms with Crippen LogP contribution in [0.2, 0.25) is 0 Å². The topological polar surface area (TPSA) is 69.6 Å². The fraction of sp³-hybridized carbons (Fsp3) is 0.700. The van der Waals surface area contributed by atoms with Gasteiger partial charge in [-0.15, -0.1) is 10.2 Å². The molecule has 1 aliphatic heterocycles. The van der Waals surface area contributed by atoms with Crippen molar-refractivity contribution in [3.8, 4) is 0 Å². The second-order valence-corrected chi connectivity index (χ2v) is 5.32. The maximum atomic E-state index is 12.4. The normalized spacial score (nSPS) is 17.4. The third-order valence-corrected chi connectivity index (χ3v) is 3.97. The molecule has 2 rings (SSSR count). The van der Waals surface area contributed by atoms with E-state index in [1.54, 1.807) is 4.90 Å². The molecule has 1 aromatic heterocycles. The smallest absolute Gasteiger partial charge is 0.445 e. The van der Waals surface area contributed by atoms with Gasteiger partial charge in [0.1, 0.15) is 0 Å². The van der Waals surface area contributed by atoms with Crippen molar-refractivity contribution in [3.63, 3.8) is 0 Å². The molecule has 0 spiro atoms. The van der Waals surface area contributed by atoms with E-state index in [0.717, 1.165) is 0 Å². The summed E-state index contributed by atoms with van der Waals surface area (Å²) in [5.41, 5.74) is 0. The minimum absolute atomic E-state index is 0.0665. The van der Waals surface area contributed by atoms with Crippen molar-refractivity contribution in [1.82, 2.24) is 15.1 Å². The number of carboxylic acid groups (broad SMARTS) is 1. The molecule has 0 saturated carbocycles. The molecule has 1 aromatic rings. The number of nitrogens with zero attached hydrogens (tertiary/aromatic N) is 4. The Morgan fingerprint density at radius 3 is 2.40 bits per heavy atom. The standard InChI is InChI=1S/C10H13F3N4O2S/c11-10(12,13)8-14-15-9(20-8)17-5-3-16(4-6-17)2-1-7(18)19/h1-6H2,(H,18,19). The molecule has 0 bridgehead atoms. The van der Waals surface area contributed by atoms with Gasteiger partial charge in [0.15, 0.2) is 0 Å². The maximum Gasteiger partial charge on any atom is 0.445 e. The number of hydrogen-bond donors (Lipinski definition) is 1. The molecule has 112 valence electrons. The van der Waals surface area contributed by atoms with Gasteiger partial charge < -0.3 is 10.0 Å². The number of piperazine rings is 1. The summed E-state index contributed by atoms with van der Waals surface area (Å²) in [6.07, 6.45) is -4.39. The second kappa shape index (κ2) is 5.92. The first kappa shape index (κ1) is 15.0. The Balaban J connectivity index is 1.87. The van der Waals surface area contributed by atoms with Crippen LogP contribution in [-0.4, -0.2) is 58.9 Å². The van der Waals surface area contributed by atoms with Gasteiger partial charge in [-0.1, -0.05) is 11.3 Å². The summed E-state index contributed by atoms with van der Waals surface area (Å²) in [7, 11) is 0. The molecule has 20 heavy (non-hydrogen) atoms. The predicted octanol–water partition coefficient (Wildman–Crippen LogP) is 1.15. The summed E-state index contributed by atoms with van der Waals surface area (Å²) >= 11 is 0.532. The maximum absolute atomic E-state index is 12.4. The van der Waals surface area contributed by atoms with Crippen molar-refractivity contribution in [1.29, 1.82) is 0 Å². The van der Waals surface area contributed by atoms with Crippen LogP contribution in [0.25, 0.3) is 0 Å². The van der Waals surface area contributed by atoms with Gasteiger partial charge in [0.2, 0.25) is 10.1 Å². The first-order valence-corrected chi connectivity index (χ1v) is 6.77. The van der Waals surface area contributed by atoms with E-state index in [9.17, 15) is 18.0 Å². The molecule has 2 heterocycles. The van der Waals surface area contributed by atoms with E-state index in [0.29, 0.717) is 44.1 Å². The molecule has 0 aliphatic carbocycles. The molecule has 0 aromatic carbocycles. The minimum atomic E-state index is -4.46. The average Bonchev–Trinajstić information content (AvgIpc) is 2.86. The van der Waals surface area contributed by atoms with Gasteiger partial charge in [-0.2, -0.15) is 13.2 Å². The molecule has 6 nitrogen and oxygen atoms in total. The number of rotatable bonds is 4. The second-order valence-electron chi connectivity index (χ2n) is 4.36. The van der Waals surface area contributed by atoms with Crippen LogP contribution in [0.15, 0.2) is 0 Å². The molecular weight excluding hydrogens is 297 g/mol. The van der Waals surface area contributed by atoms with Crippen LogP contribution in [0.5, 0.6) is 0 Å². The fourth-order valence-corrected chi connectivity index (χ4v) is 2.64. The summed E-state index contributed by atoms with van der Waals surface area (Å²) in [6.45, 7) is 2.70. The van der Waals surface area contributed by atoms with Gasteiger partial charge in [0, 0.05) is 32.7 Å². The quantitative estimate of drug-likeness (QED) is 0.900. The van der Waals surface area contributed by atoms with Gasteiger partial charge in [0.25, 0.3) is 0 Å². The lowest BCUT2D eigenvalue weighted by atomic mass is 10.3. The Hall–Kier alpha value is -1.42. The first-order valence-electron chi connectivity index (χ1n) is 5.96. The van der Waals surface area contributed by atoms with Crippen molar-refractivity contribution >= 4 is 22.4 Å². The van der Waals surface area contributed by atoms with Crippen LogP contribution in [0, 0.1) is 0 Å². The summed E-state index contributed by atoms with van der Waals surface area (Å²) in [6, 6.07) is 0. The van der Waals surface area contributed by atoms with Gasteiger partial charge in [0.05, 0.1) is 6.42 Å². The minimum Gasteiger partial charge on any atom is -0.481 e. The third-order valence-electron chi connectivity index (χ3n) is 2.94. The Morgan fingerprint density at radius 1 is 1.25 bits per heavy atom. The zero-order valence-corrected chi connectivity index (χ0v) is 11.2. The Bertz CT molecular complexity index is 471. The van der Waals surface area contributed by atoms with E-state index in [1.165, 1.54) is 0 Å². The lowest BCUT2D eigenvalue weighted by molar-refractivity contribution is -0.138. The van der Waals surface area contributed by atoms with Crippen molar-refractivity contribution in [3.05, 3.63) is 5.01 Å². The fourth-order valence-electron chi connectivity index (χ4n) is 1.87. The Morgan fingerprint density at radius 2 is 1.90 bits per heavy atom. The molecule has 1 N–H and O–H groups in total. The van der Waals surface area contributed by atoms with Gasteiger partial charge >= 0.3 is 12.1 Å². The number of carboxylic acids is 1. The molecule has 1 saturated heterocycles. The number of hydrogen-bond acceptors (Lipinski definition) is 6. The van der Waals surface area contributed by atoms with Crippen molar-refractivity contribution in [2.45, 2.75) is 12.6 Å². The number of aromatic nitrogens is 2. The highest BCUT2D eigenvalue weighted by molar-refractivity contribution is 7.15. The Kier molecular flexibility index (Phi) is 4.43. The third kappa shape index (κ3) is 3.79. The van der Waals surface area contributed by atoms with Crippen molar-refractivity contribution in [2.75, 3.05) is 37.6 Å². The lowest BCUT2D eigenvalue weighted by Gasteiger charge is -2.33. The van der Waals surface area contributed by atoms with E-state index in [-0.39, 0.29) is 11.6 Å². The lowest BCUT2D eigenvalue weighted by Crippen LogP contribution is -2.46. The number of aliphatic carboxylic acids is 1. The zero-order valence-electron chi connectivity index (χ0n) is 10.4. The average molecular weight is 310 g/mol. The summed E-state index contributed by atoms with van der Waals surface area (Å²) in [5, 5.41) is 14.6. The molecule has 0 amide bonds. The van der Waals surface area contributed by atoms with E-state index in [1.807, 2.05) is 4.90 Å². The van der Waals surface area contributed by atoms with Gasteiger partial charge in [-0.05, 0) is 0 Å². The van der Waals surface area contributed by atoms with Crippen LogP contribution in [0.1, 0.15) is 11.4 Å².